The maximum absolute atomic E-state index is 11.7. The summed E-state index contributed by atoms with van der Waals surface area (Å²) < 4.78 is 5.52. The fraction of sp³-hybridized carbons (Fsp3) is 0.500. The molecule has 1 aromatic rings. The van der Waals surface area contributed by atoms with Crippen molar-refractivity contribution in [2.75, 3.05) is 0 Å². The van der Waals surface area contributed by atoms with Gasteiger partial charge in [0.2, 0.25) is 0 Å². The van der Waals surface area contributed by atoms with Gasteiger partial charge in [-0.1, -0.05) is 13.3 Å². The molecule has 0 heterocycles. The minimum atomic E-state index is 0.168. The van der Waals surface area contributed by atoms with E-state index < -0.39 is 0 Å². The van der Waals surface area contributed by atoms with E-state index in [0.29, 0.717) is 6.42 Å². The van der Waals surface area contributed by atoms with Crippen LogP contribution in [0, 0.1) is 0 Å². The van der Waals surface area contributed by atoms with Crippen molar-refractivity contribution >= 4 is 5.78 Å². The van der Waals surface area contributed by atoms with Crippen LogP contribution >= 0.6 is 0 Å². The van der Waals surface area contributed by atoms with Crippen molar-refractivity contribution in [3.05, 3.63) is 29.8 Å². The zero-order chi connectivity index (χ0) is 12.0. The Morgan fingerprint density at radius 2 is 1.88 bits per heavy atom. The third kappa shape index (κ3) is 4.05. The predicted octanol–water partition coefficient (Wildman–Crippen LogP) is 3.85. The molecule has 0 atom stereocenters. The lowest BCUT2D eigenvalue weighted by Crippen LogP contribution is -2.05. The molecule has 0 saturated heterocycles. The van der Waals surface area contributed by atoms with Crippen LogP contribution in [0.15, 0.2) is 24.3 Å². The predicted molar refractivity (Wildman–Crippen MR) is 66.1 cm³/mol. The summed E-state index contributed by atoms with van der Waals surface area (Å²) in [4.78, 5) is 11.7. The Morgan fingerprint density at radius 1 is 1.25 bits per heavy atom. The van der Waals surface area contributed by atoms with E-state index in [0.717, 1.165) is 24.2 Å². The second-order valence-corrected chi connectivity index (χ2v) is 4.22. The molecule has 16 heavy (non-hydrogen) atoms. The second-order valence-electron chi connectivity index (χ2n) is 4.22. The Hall–Kier alpha value is -1.31. The van der Waals surface area contributed by atoms with Crippen LogP contribution in [0.3, 0.4) is 0 Å². The number of Topliss-reactive ketones (excluding diaryl/α,β-unsaturated/α-hetero) is 1. The molecule has 2 nitrogen and oxygen atoms in total. The van der Waals surface area contributed by atoms with Gasteiger partial charge in [-0.05, 0) is 44.5 Å². The zero-order valence-corrected chi connectivity index (χ0v) is 10.3. The maximum Gasteiger partial charge on any atom is 0.162 e. The largest absolute Gasteiger partial charge is 0.491 e. The number of ketones is 1. The van der Waals surface area contributed by atoms with Crippen LogP contribution < -0.4 is 4.74 Å². The van der Waals surface area contributed by atoms with Crippen molar-refractivity contribution in [2.45, 2.75) is 46.1 Å². The van der Waals surface area contributed by atoms with Gasteiger partial charge in [-0.3, -0.25) is 4.79 Å². The minimum absolute atomic E-state index is 0.168. The summed E-state index contributed by atoms with van der Waals surface area (Å²) in [6.07, 6.45) is 2.83. The first-order valence-corrected chi connectivity index (χ1v) is 5.93. The second kappa shape index (κ2) is 6.31. The molecule has 0 radical (unpaired) electrons. The number of carbonyl (C=O) groups excluding carboxylic acids is 1. The van der Waals surface area contributed by atoms with Crippen molar-refractivity contribution in [2.24, 2.45) is 0 Å². The highest BCUT2D eigenvalue weighted by Crippen LogP contribution is 2.15. The van der Waals surface area contributed by atoms with Crippen molar-refractivity contribution in [1.29, 1.82) is 0 Å². The quantitative estimate of drug-likeness (QED) is 0.681. The van der Waals surface area contributed by atoms with Gasteiger partial charge >= 0.3 is 0 Å². The van der Waals surface area contributed by atoms with Crippen LogP contribution in [0.2, 0.25) is 0 Å². The van der Waals surface area contributed by atoms with Crippen molar-refractivity contribution in [3.63, 3.8) is 0 Å². The molecule has 0 saturated carbocycles. The van der Waals surface area contributed by atoms with Gasteiger partial charge < -0.3 is 4.74 Å². The summed E-state index contributed by atoms with van der Waals surface area (Å²) in [7, 11) is 0. The number of carbonyl (C=O) groups is 1. The van der Waals surface area contributed by atoms with E-state index in [1.165, 1.54) is 0 Å². The van der Waals surface area contributed by atoms with E-state index in [-0.39, 0.29) is 11.9 Å². The van der Waals surface area contributed by atoms with Gasteiger partial charge in [0.25, 0.3) is 0 Å². The SMILES string of the molecule is CCCCC(=O)c1ccc(OC(C)C)cc1. The highest BCUT2D eigenvalue weighted by atomic mass is 16.5. The van der Waals surface area contributed by atoms with E-state index in [9.17, 15) is 4.79 Å². The van der Waals surface area contributed by atoms with Crippen molar-refractivity contribution < 1.29 is 9.53 Å². The van der Waals surface area contributed by atoms with Crippen LogP contribution in [0.25, 0.3) is 0 Å². The average Bonchev–Trinajstić information content (AvgIpc) is 2.26. The first kappa shape index (κ1) is 12.8. The summed E-state index contributed by atoms with van der Waals surface area (Å²) in [5.41, 5.74) is 0.782. The molecule has 0 unspecified atom stereocenters. The normalized spacial score (nSPS) is 10.5. The number of rotatable bonds is 6. The number of benzene rings is 1. The first-order chi connectivity index (χ1) is 7.63. The number of ether oxygens (including phenoxy) is 1. The number of unbranched alkanes of at least 4 members (excludes halogenated alkanes) is 1. The van der Waals surface area contributed by atoms with Gasteiger partial charge in [-0.25, -0.2) is 0 Å². The van der Waals surface area contributed by atoms with E-state index >= 15 is 0 Å². The molecule has 0 spiro atoms. The molecular weight excluding hydrogens is 200 g/mol. The Balaban J connectivity index is 2.60. The fourth-order valence-electron chi connectivity index (χ4n) is 1.47. The van der Waals surface area contributed by atoms with E-state index in [1.807, 2.05) is 38.1 Å². The monoisotopic (exact) mass is 220 g/mol. The lowest BCUT2D eigenvalue weighted by molar-refractivity contribution is 0.0980. The molecule has 0 aliphatic carbocycles. The minimum Gasteiger partial charge on any atom is -0.491 e. The lowest BCUT2D eigenvalue weighted by Gasteiger charge is -2.09. The third-order valence-corrected chi connectivity index (χ3v) is 2.31. The fourth-order valence-corrected chi connectivity index (χ4v) is 1.47. The first-order valence-electron chi connectivity index (χ1n) is 5.93. The molecular formula is C14H20O2. The van der Waals surface area contributed by atoms with Gasteiger partial charge in [0, 0.05) is 12.0 Å². The Labute approximate surface area is 97.6 Å². The molecule has 0 fully saturated rings. The van der Waals surface area contributed by atoms with Gasteiger partial charge in [-0.2, -0.15) is 0 Å². The molecule has 88 valence electrons. The van der Waals surface area contributed by atoms with Gasteiger partial charge in [0.1, 0.15) is 5.75 Å². The van der Waals surface area contributed by atoms with E-state index in [2.05, 4.69) is 6.92 Å². The lowest BCUT2D eigenvalue weighted by atomic mass is 10.1. The van der Waals surface area contributed by atoms with Crippen LogP contribution in [0.4, 0.5) is 0 Å². The smallest absolute Gasteiger partial charge is 0.162 e. The molecule has 0 amide bonds. The topological polar surface area (TPSA) is 26.3 Å². The highest BCUT2D eigenvalue weighted by molar-refractivity contribution is 5.96. The van der Waals surface area contributed by atoms with Crippen LogP contribution in [-0.4, -0.2) is 11.9 Å². The highest BCUT2D eigenvalue weighted by Gasteiger charge is 2.05. The maximum atomic E-state index is 11.7. The molecule has 1 rings (SSSR count). The summed E-state index contributed by atoms with van der Waals surface area (Å²) in [5, 5.41) is 0. The molecule has 0 aliphatic rings. The molecule has 2 heteroatoms. The van der Waals surface area contributed by atoms with Gasteiger partial charge in [0.15, 0.2) is 5.78 Å². The van der Waals surface area contributed by atoms with E-state index in [1.54, 1.807) is 0 Å². The van der Waals surface area contributed by atoms with Crippen LogP contribution in [0.1, 0.15) is 50.4 Å². The summed E-state index contributed by atoms with van der Waals surface area (Å²) >= 11 is 0. The summed E-state index contributed by atoms with van der Waals surface area (Å²) in [6.45, 7) is 6.06. The number of hydrogen-bond acceptors (Lipinski definition) is 2. The Kier molecular flexibility index (Phi) is 5.03. The van der Waals surface area contributed by atoms with Gasteiger partial charge in [-0.15, -0.1) is 0 Å². The molecule has 0 N–H and O–H groups in total. The molecule has 1 aromatic carbocycles. The molecule has 0 aliphatic heterocycles. The number of hydrogen-bond donors (Lipinski definition) is 0. The standard InChI is InChI=1S/C14H20O2/c1-4-5-6-14(15)12-7-9-13(10-8-12)16-11(2)3/h7-11H,4-6H2,1-3H3. The molecule has 0 aromatic heterocycles. The molecule has 0 bridgehead atoms. The Bertz CT molecular complexity index is 325. The van der Waals surface area contributed by atoms with Gasteiger partial charge in [0.05, 0.1) is 6.10 Å². The Morgan fingerprint density at radius 3 is 2.38 bits per heavy atom. The summed E-state index contributed by atoms with van der Waals surface area (Å²) in [6, 6.07) is 7.41. The van der Waals surface area contributed by atoms with Crippen LogP contribution in [-0.2, 0) is 0 Å². The average molecular weight is 220 g/mol. The van der Waals surface area contributed by atoms with Crippen molar-refractivity contribution in [3.8, 4) is 5.75 Å². The summed E-state index contributed by atoms with van der Waals surface area (Å²) in [5.74, 6) is 1.04. The van der Waals surface area contributed by atoms with Crippen LogP contribution in [0.5, 0.6) is 5.75 Å². The van der Waals surface area contributed by atoms with Crippen molar-refractivity contribution in [1.82, 2.24) is 0 Å². The zero-order valence-electron chi connectivity index (χ0n) is 10.3. The van der Waals surface area contributed by atoms with E-state index in [4.69, 9.17) is 4.74 Å². The third-order valence-electron chi connectivity index (χ3n) is 2.31.